The summed E-state index contributed by atoms with van der Waals surface area (Å²) in [5.41, 5.74) is 8.06. The molecule has 0 spiro atoms. The zero-order chi connectivity index (χ0) is 15.1. The van der Waals surface area contributed by atoms with Gasteiger partial charge in [0.15, 0.2) is 5.69 Å². The average Bonchev–Trinajstić information content (AvgIpc) is 2.54. The Labute approximate surface area is 123 Å². The van der Waals surface area contributed by atoms with E-state index in [-0.39, 0.29) is 5.69 Å². The molecule has 21 heavy (non-hydrogen) atoms. The van der Waals surface area contributed by atoms with Crippen LogP contribution in [0.5, 0.6) is 0 Å². The summed E-state index contributed by atoms with van der Waals surface area (Å²) in [7, 11) is 1.31. The zero-order valence-electron chi connectivity index (χ0n) is 11.9. The quantitative estimate of drug-likeness (QED) is 0.780. The number of nitrogens with zero attached hydrogens (tertiary/aromatic N) is 2. The summed E-state index contributed by atoms with van der Waals surface area (Å²) in [6.07, 6.45) is 0.883. The van der Waals surface area contributed by atoms with E-state index in [0.29, 0.717) is 18.9 Å². The second-order valence-corrected chi connectivity index (χ2v) is 4.50. The van der Waals surface area contributed by atoms with E-state index in [4.69, 9.17) is 5.73 Å². The maximum absolute atomic E-state index is 11.2. The van der Waals surface area contributed by atoms with Crippen molar-refractivity contribution in [2.24, 2.45) is 5.73 Å². The number of methoxy groups -OCH3 is 1. The standard InChI is InChI=1S/C15H18N4O2/c1-21-15(20)13-6-7-14(19-18-13)17-10-12-4-2-11(3-5-12)8-9-16/h2-7H,8-10,16H2,1H3,(H,17,19). The minimum absolute atomic E-state index is 0.189. The van der Waals surface area contributed by atoms with Crippen LogP contribution in [0.25, 0.3) is 0 Å². The fourth-order valence-corrected chi connectivity index (χ4v) is 1.82. The summed E-state index contributed by atoms with van der Waals surface area (Å²) >= 11 is 0. The summed E-state index contributed by atoms with van der Waals surface area (Å²) in [5, 5.41) is 10.9. The first-order chi connectivity index (χ1) is 10.2. The number of esters is 1. The fraction of sp³-hybridized carbons (Fsp3) is 0.267. The van der Waals surface area contributed by atoms with Gasteiger partial charge in [-0.1, -0.05) is 24.3 Å². The van der Waals surface area contributed by atoms with Gasteiger partial charge in [0.1, 0.15) is 5.82 Å². The van der Waals surface area contributed by atoms with E-state index in [2.05, 4.69) is 32.4 Å². The van der Waals surface area contributed by atoms with Gasteiger partial charge >= 0.3 is 5.97 Å². The van der Waals surface area contributed by atoms with Gasteiger partial charge in [-0.3, -0.25) is 0 Å². The summed E-state index contributed by atoms with van der Waals surface area (Å²) in [5.74, 6) is 0.109. The molecule has 0 saturated carbocycles. The van der Waals surface area contributed by atoms with Crippen LogP contribution in [0.3, 0.4) is 0 Å². The number of carbonyl (C=O) groups excluding carboxylic acids is 1. The number of nitrogens with one attached hydrogen (secondary N) is 1. The molecular weight excluding hydrogens is 268 g/mol. The number of aromatic nitrogens is 2. The molecule has 1 heterocycles. The maximum Gasteiger partial charge on any atom is 0.358 e. The van der Waals surface area contributed by atoms with Gasteiger partial charge in [-0.05, 0) is 36.2 Å². The Hall–Kier alpha value is -2.47. The Kier molecular flexibility index (Phi) is 5.22. The van der Waals surface area contributed by atoms with Crippen LogP contribution in [0.15, 0.2) is 36.4 Å². The Morgan fingerprint density at radius 1 is 1.14 bits per heavy atom. The van der Waals surface area contributed by atoms with E-state index in [1.54, 1.807) is 12.1 Å². The molecule has 0 aliphatic heterocycles. The van der Waals surface area contributed by atoms with Crippen LogP contribution in [-0.4, -0.2) is 29.8 Å². The molecule has 110 valence electrons. The fourth-order valence-electron chi connectivity index (χ4n) is 1.82. The van der Waals surface area contributed by atoms with Gasteiger partial charge in [0.25, 0.3) is 0 Å². The molecule has 3 N–H and O–H groups in total. The second-order valence-electron chi connectivity index (χ2n) is 4.50. The number of rotatable bonds is 6. The highest BCUT2D eigenvalue weighted by Crippen LogP contribution is 2.08. The minimum atomic E-state index is -0.496. The molecule has 1 aromatic heterocycles. The van der Waals surface area contributed by atoms with Crippen molar-refractivity contribution < 1.29 is 9.53 Å². The second kappa shape index (κ2) is 7.35. The Balaban J connectivity index is 1.91. The van der Waals surface area contributed by atoms with Crippen molar-refractivity contribution in [3.63, 3.8) is 0 Å². The highest BCUT2D eigenvalue weighted by atomic mass is 16.5. The van der Waals surface area contributed by atoms with E-state index in [9.17, 15) is 4.79 Å². The van der Waals surface area contributed by atoms with E-state index in [1.165, 1.54) is 12.7 Å². The van der Waals surface area contributed by atoms with E-state index in [0.717, 1.165) is 12.0 Å². The lowest BCUT2D eigenvalue weighted by molar-refractivity contribution is 0.0593. The van der Waals surface area contributed by atoms with Crippen LogP contribution in [0.4, 0.5) is 5.82 Å². The van der Waals surface area contributed by atoms with Crippen LogP contribution in [0.1, 0.15) is 21.6 Å². The maximum atomic E-state index is 11.2. The van der Waals surface area contributed by atoms with Crippen molar-refractivity contribution in [2.45, 2.75) is 13.0 Å². The molecule has 1 aromatic carbocycles. The van der Waals surface area contributed by atoms with Crippen LogP contribution >= 0.6 is 0 Å². The number of hydrogen-bond acceptors (Lipinski definition) is 6. The zero-order valence-corrected chi connectivity index (χ0v) is 11.9. The molecule has 0 atom stereocenters. The molecule has 0 bridgehead atoms. The van der Waals surface area contributed by atoms with E-state index in [1.807, 2.05) is 12.1 Å². The van der Waals surface area contributed by atoms with Crippen LogP contribution in [0, 0.1) is 0 Å². The van der Waals surface area contributed by atoms with Gasteiger partial charge in [-0.2, -0.15) is 0 Å². The lowest BCUT2D eigenvalue weighted by Gasteiger charge is -2.06. The van der Waals surface area contributed by atoms with Gasteiger partial charge in [-0.15, -0.1) is 10.2 Å². The average molecular weight is 286 g/mol. The van der Waals surface area contributed by atoms with Gasteiger partial charge in [0.2, 0.25) is 0 Å². The molecule has 0 fully saturated rings. The van der Waals surface area contributed by atoms with Gasteiger partial charge in [-0.25, -0.2) is 4.79 Å². The van der Waals surface area contributed by atoms with Gasteiger partial charge in [0.05, 0.1) is 7.11 Å². The lowest BCUT2D eigenvalue weighted by Crippen LogP contribution is -2.08. The van der Waals surface area contributed by atoms with Crippen molar-refractivity contribution in [3.05, 3.63) is 53.2 Å². The first-order valence-corrected chi connectivity index (χ1v) is 6.66. The molecule has 2 aromatic rings. The Morgan fingerprint density at radius 2 is 1.86 bits per heavy atom. The monoisotopic (exact) mass is 286 g/mol. The van der Waals surface area contributed by atoms with Gasteiger partial charge < -0.3 is 15.8 Å². The third-order valence-corrected chi connectivity index (χ3v) is 2.99. The van der Waals surface area contributed by atoms with Crippen LogP contribution in [-0.2, 0) is 17.7 Å². The molecule has 0 aliphatic carbocycles. The molecule has 0 aliphatic rings. The first kappa shape index (κ1) is 14.9. The molecular formula is C15H18N4O2. The lowest BCUT2D eigenvalue weighted by atomic mass is 10.1. The highest BCUT2D eigenvalue weighted by Gasteiger charge is 2.07. The molecule has 0 unspecified atom stereocenters. The minimum Gasteiger partial charge on any atom is -0.464 e. The predicted octanol–water partition coefficient (Wildman–Crippen LogP) is 1.38. The molecule has 6 nitrogen and oxygen atoms in total. The number of hydrogen-bond donors (Lipinski definition) is 2. The third-order valence-electron chi connectivity index (χ3n) is 2.99. The number of carbonyl (C=O) groups is 1. The topological polar surface area (TPSA) is 90.1 Å². The van der Waals surface area contributed by atoms with Crippen LogP contribution in [0.2, 0.25) is 0 Å². The highest BCUT2D eigenvalue weighted by molar-refractivity contribution is 5.86. The summed E-state index contributed by atoms with van der Waals surface area (Å²) in [6, 6.07) is 11.5. The predicted molar refractivity (Wildman–Crippen MR) is 79.9 cm³/mol. The molecule has 2 rings (SSSR count). The van der Waals surface area contributed by atoms with Crippen molar-refractivity contribution in [2.75, 3.05) is 19.0 Å². The molecule has 0 amide bonds. The van der Waals surface area contributed by atoms with Crippen molar-refractivity contribution >= 4 is 11.8 Å². The van der Waals surface area contributed by atoms with E-state index >= 15 is 0 Å². The van der Waals surface area contributed by atoms with E-state index < -0.39 is 5.97 Å². The van der Waals surface area contributed by atoms with Crippen molar-refractivity contribution in [3.8, 4) is 0 Å². The Bertz CT molecular complexity index is 582. The summed E-state index contributed by atoms with van der Waals surface area (Å²) in [4.78, 5) is 11.2. The summed E-state index contributed by atoms with van der Waals surface area (Å²) in [6.45, 7) is 1.29. The largest absolute Gasteiger partial charge is 0.464 e. The Morgan fingerprint density at radius 3 is 2.43 bits per heavy atom. The molecule has 0 radical (unpaired) electrons. The van der Waals surface area contributed by atoms with Crippen molar-refractivity contribution in [1.82, 2.24) is 10.2 Å². The summed E-state index contributed by atoms with van der Waals surface area (Å²) < 4.78 is 4.57. The normalized spacial score (nSPS) is 10.2. The number of anilines is 1. The number of ether oxygens (including phenoxy) is 1. The third kappa shape index (κ3) is 4.25. The molecule has 0 saturated heterocycles. The SMILES string of the molecule is COC(=O)c1ccc(NCc2ccc(CCN)cc2)nn1. The van der Waals surface area contributed by atoms with Gasteiger partial charge in [0, 0.05) is 6.54 Å². The smallest absolute Gasteiger partial charge is 0.358 e. The number of benzene rings is 1. The first-order valence-electron chi connectivity index (χ1n) is 6.66. The van der Waals surface area contributed by atoms with Crippen LogP contribution < -0.4 is 11.1 Å². The molecule has 6 heteroatoms. The number of nitrogens with two attached hydrogens (primary N) is 1. The van der Waals surface area contributed by atoms with Crippen molar-refractivity contribution in [1.29, 1.82) is 0 Å².